The number of likely N-dealkylation sites (N-methyl/N-ethyl adjacent to an activating group) is 1. The number of aliphatic hydroxyl groups is 1. The van der Waals surface area contributed by atoms with Gasteiger partial charge >= 0.3 is 0 Å². The van der Waals surface area contributed by atoms with Crippen molar-refractivity contribution in [1.29, 1.82) is 0 Å². The van der Waals surface area contributed by atoms with Crippen LogP contribution in [0.5, 0.6) is 0 Å². The molecule has 1 aliphatic heterocycles. The number of carbonyl (C=O) groups excluding carboxylic acids is 2. The molecule has 1 heterocycles. The fourth-order valence-electron chi connectivity index (χ4n) is 2.89. The average molecular weight is 409 g/mol. The highest BCUT2D eigenvalue weighted by Crippen LogP contribution is 2.38. The highest BCUT2D eigenvalue weighted by atomic mass is 35.5. The van der Waals surface area contributed by atoms with Crippen molar-refractivity contribution >= 4 is 46.3 Å². The van der Waals surface area contributed by atoms with Gasteiger partial charge in [0.05, 0.1) is 22.9 Å². The van der Waals surface area contributed by atoms with E-state index in [-0.39, 0.29) is 35.1 Å². The molecule has 5 nitrogen and oxygen atoms in total. The number of anilines is 1. The molecular formula is C19H15Cl2FN2O3. The van der Waals surface area contributed by atoms with E-state index in [4.69, 9.17) is 23.2 Å². The minimum Gasteiger partial charge on any atom is -0.395 e. The van der Waals surface area contributed by atoms with Crippen molar-refractivity contribution in [2.45, 2.75) is 0 Å². The first-order valence-electron chi connectivity index (χ1n) is 8.01. The molecule has 0 atom stereocenters. The van der Waals surface area contributed by atoms with E-state index in [2.05, 4.69) is 0 Å². The predicted octanol–water partition coefficient (Wildman–Crippen LogP) is 3.34. The number of imide groups is 1. The van der Waals surface area contributed by atoms with Crippen LogP contribution in [0.15, 0.2) is 48.2 Å². The largest absolute Gasteiger partial charge is 0.395 e. The fraction of sp³-hybridized carbons (Fsp3) is 0.158. The smallest absolute Gasteiger partial charge is 0.282 e. The zero-order chi connectivity index (χ0) is 19.7. The molecular weight excluding hydrogens is 394 g/mol. The third-order valence-electron chi connectivity index (χ3n) is 4.16. The van der Waals surface area contributed by atoms with Gasteiger partial charge in [-0.3, -0.25) is 9.59 Å². The summed E-state index contributed by atoms with van der Waals surface area (Å²) in [6.45, 7) is -0.0771. The average Bonchev–Trinajstić information content (AvgIpc) is 2.89. The second kappa shape index (κ2) is 7.68. The summed E-state index contributed by atoms with van der Waals surface area (Å²) in [6, 6.07) is 9.73. The Morgan fingerprint density at radius 3 is 2.37 bits per heavy atom. The van der Waals surface area contributed by atoms with Crippen LogP contribution in [0.25, 0.3) is 5.57 Å². The van der Waals surface area contributed by atoms with E-state index < -0.39 is 17.6 Å². The number of rotatable bonds is 5. The normalized spacial score (nSPS) is 14.3. The van der Waals surface area contributed by atoms with Crippen molar-refractivity contribution in [2.75, 3.05) is 25.1 Å². The van der Waals surface area contributed by atoms with Crippen molar-refractivity contribution in [2.24, 2.45) is 0 Å². The summed E-state index contributed by atoms with van der Waals surface area (Å²) in [6.07, 6.45) is 0. The molecule has 140 valence electrons. The van der Waals surface area contributed by atoms with E-state index in [9.17, 15) is 19.1 Å². The van der Waals surface area contributed by atoms with Crippen LogP contribution >= 0.6 is 23.2 Å². The van der Waals surface area contributed by atoms with Crippen LogP contribution in [0.4, 0.5) is 10.1 Å². The predicted molar refractivity (Wildman–Crippen MR) is 102 cm³/mol. The Morgan fingerprint density at radius 2 is 1.74 bits per heavy atom. The Bertz CT molecular complexity index is 944. The second-order valence-electron chi connectivity index (χ2n) is 5.92. The number of hydrogen-bond acceptors (Lipinski definition) is 4. The van der Waals surface area contributed by atoms with Gasteiger partial charge in [0.15, 0.2) is 0 Å². The lowest BCUT2D eigenvalue weighted by molar-refractivity contribution is -0.120. The van der Waals surface area contributed by atoms with Gasteiger partial charge in [-0.2, -0.15) is 0 Å². The van der Waals surface area contributed by atoms with E-state index in [1.54, 1.807) is 13.1 Å². The zero-order valence-corrected chi connectivity index (χ0v) is 15.8. The molecule has 0 saturated carbocycles. The van der Waals surface area contributed by atoms with E-state index in [0.717, 1.165) is 4.90 Å². The van der Waals surface area contributed by atoms with Crippen LogP contribution in [0.1, 0.15) is 5.56 Å². The van der Waals surface area contributed by atoms with Gasteiger partial charge in [0.25, 0.3) is 11.8 Å². The third kappa shape index (κ3) is 3.56. The van der Waals surface area contributed by atoms with Gasteiger partial charge in [0, 0.05) is 18.6 Å². The van der Waals surface area contributed by atoms with E-state index in [1.807, 2.05) is 0 Å². The monoisotopic (exact) mass is 408 g/mol. The molecule has 0 spiro atoms. The van der Waals surface area contributed by atoms with Gasteiger partial charge in [-0.1, -0.05) is 35.3 Å². The topological polar surface area (TPSA) is 60.9 Å². The molecule has 8 heteroatoms. The summed E-state index contributed by atoms with van der Waals surface area (Å²) in [5, 5.41) is 9.74. The molecule has 2 aromatic carbocycles. The molecule has 27 heavy (non-hydrogen) atoms. The van der Waals surface area contributed by atoms with Crippen molar-refractivity contribution in [3.8, 4) is 0 Å². The summed E-state index contributed by atoms with van der Waals surface area (Å²) >= 11 is 12.2. The SMILES string of the molecule is CN(CCO)C1=C(c2ccc(F)cc2)C(=O)N(c2cc(Cl)ccc2Cl)C1=O. The molecule has 0 aromatic heterocycles. The van der Waals surface area contributed by atoms with Gasteiger partial charge in [-0.05, 0) is 35.9 Å². The standard InChI is InChI=1S/C19H15Cl2FN2O3/c1-23(8-9-25)17-16(11-2-5-13(22)6-3-11)18(26)24(19(17)27)15-10-12(20)4-7-14(15)21/h2-7,10,25H,8-9H2,1H3. The summed E-state index contributed by atoms with van der Waals surface area (Å²) < 4.78 is 13.3. The number of carbonyl (C=O) groups is 2. The maximum Gasteiger partial charge on any atom is 0.282 e. The quantitative estimate of drug-likeness (QED) is 0.770. The van der Waals surface area contributed by atoms with Crippen LogP contribution in [-0.2, 0) is 9.59 Å². The molecule has 2 aromatic rings. The number of amides is 2. The molecule has 1 N–H and O–H groups in total. The Balaban J connectivity index is 2.16. The van der Waals surface area contributed by atoms with Gasteiger partial charge in [-0.25, -0.2) is 9.29 Å². The molecule has 3 rings (SSSR count). The minimum absolute atomic E-state index is 0.0942. The Labute approximate surface area is 165 Å². The summed E-state index contributed by atoms with van der Waals surface area (Å²) in [5.41, 5.74) is 0.741. The molecule has 0 aliphatic carbocycles. The molecule has 0 radical (unpaired) electrons. The lowest BCUT2D eigenvalue weighted by Gasteiger charge is -2.21. The number of halogens is 3. The number of aliphatic hydroxyl groups excluding tert-OH is 1. The number of nitrogens with zero attached hydrogens (tertiary/aromatic N) is 2. The Kier molecular flexibility index (Phi) is 5.51. The summed E-state index contributed by atoms with van der Waals surface area (Å²) in [5.74, 6) is -1.66. The van der Waals surface area contributed by atoms with E-state index >= 15 is 0 Å². The molecule has 2 amide bonds. The molecule has 0 unspecified atom stereocenters. The maximum absolute atomic E-state index is 13.3. The van der Waals surface area contributed by atoms with Crippen LogP contribution in [-0.4, -0.2) is 42.0 Å². The van der Waals surface area contributed by atoms with Crippen molar-refractivity contribution in [3.63, 3.8) is 0 Å². The minimum atomic E-state index is -0.601. The highest BCUT2D eigenvalue weighted by molar-refractivity contribution is 6.47. The van der Waals surface area contributed by atoms with E-state index in [0.29, 0.717) is 10.6 Å². The molecule has 0 bridgehead atoms. The van der Waals surface area contributed by atoms with E-state index in [1.165, 1.54) is 41.3 Å². The summed E-state index contributed by atoms with van der Waals surface area (Å²) in [7, 11) is 1.59. The number of benzene rings is 2. The van der Waals surface area contributed by atoms with Crippen molar-refractivity contribution < 1.29 is 19.1 Å². The van der Waals surface area contributed by atoms with Crippen molar-refractivity contribution in [1.82, 2.24) is 4.90 Å². The van der Waals surface area contributed by atoms with Gasteiger partial charge in [-0.15, -0.1) is 0 Å². The lowest BCUT2D eigenvalue weighted by atomic mass is 10.0. The molecule has 0 saturated heterocycles. The first-order valence-corrected chi connectivity index (χ1v) is 8.76. The van der Waals surface area contributed by atoms with Gasteiger partial charge in [0.1, 0.15) is 11.5 Å². The first-order chi connectivity index (χ1) is 12.8. The van der Waals surface area contributed by atoms with Gasteiger partial charge in [0.2, 0.25) is 0 Å². The van der Waals surface area contributed by atoms with Crippen LogP contribution < -0.4 is 4.90 Å². The zero-order valence-electron chi connectivity index (χ0n) is 14.2. The highest BCUT2D eigenvalue weighted by Gasteiger charge is 2.42. The lowest BCUT2D eigenvalue weighted by Crippen LogP contribution is -2.35. The van der Waals surface area contributed by atoms with Crippen LogP contribution in [0.2, 0.25) is 10.0 Å². The van der Waals surface area contributed by atoms with Crippen molar-refractivity contribution in [3.05, 3.63) is 69.6 Å². The maximum atomic E-state index is 13.3. The van der Waals surface area contributed by atoms with Crippen LogP contribution in [0, 0.1) is 5.82 Å². The number of hydrogen-bond donors (Lipinski definition) is 1. The molecule has 0 fully saturated rings. The van der Waals surface area contributed by atoms with Gasteiger partial charge < -0.3 is 10.0 Å². The Morgan fingerprint density at radius 1 is 1.07 bits per heavy atom. The third-order valence-corrected chi connectivity index (χ3v) is 4.71. The Hall–Kier alpha value is -2.41. The van der Waals surface area contributed by atoms with Crippen LogP contribution in [0.3, 0.4) is 0 Å². The fourth-order valence-corrected chi connectivity index (χ4v) is 3.26. The summed E-state index contributed by atoms with van der Waals surface area (Å²) in [4.78, 5) is 28.7. The first kappa shape index (κ1) is 19.4. The molecule has 1 aliphatic rings. The second-order valence-corrected chi connectivity index (χ2v) is 6.76.